The second kappa shape index (κ2) is 10.0. The van der Waals surface area contributed by atoms with Gasteiger partial charge in [-0.05, 0) is 84.6 Å². The van der Waals surface area contributed by atoms with Crippen LogP contribution in [0.4, 0.5) is 22.0 Å². The third-order valence-corrected chi connectivity index (χ3v) is 8.23. The Morgan fingerprint density at radius 1 is 1.15 bits per heavy atom. The third-order valence-electron chi connectivity index (χ3n) is 8.23. The highest BCUT2D eigenvalue weighted by atomic mass is 16.7. The number of aryl methyl sites for hydroxylation is 1. The molecule has 5 rings (SSSR count). The molecule has 0 bridgehead atoms. The molecular formula is C31H42N4O5. The highest BCUT2D eigenvalue weighted by Gasteiger charge is 2.48. The second-order valence-corrected chi connectivity index (χ2v) is 12.9. The van der Waals surface area contributed by atoms with Gasteiger partial charge in [0.15, 0.2) is 5.79 Å². The third kappa shape index (κ3) is 5.29. The Kier molecular flexibility index (Phi) is 7.11. The predicted molar refractivity (Wildman–Crippen MR) is 154 cm³/mol. The summed E-state index contributed by atoms with van der Waals surface area (Å²) in [6.45, 7) is 15.0. The lowest BCUT2D eigenvalue weighted by Crippen LogP contribution is -2.50. The van der Waals surface area contributed by atoms with E-state index in [0.717, 1.165) is 47.7 Å². The van der Waals surface area contributed by atoms with Gasteiger partial charge in [0.1, 0.15) is 11.4 Å². The minimum absolute atomic E-state index is 0.0641. The highest BCUT2D eigenvalue weighted by Crippen LogP contribution is 2.45. The van der Waals surface area contributed by atoms with Crippen molar-refractivity contribution in [2.45, 2.75) is 91.3 Å². The molecule has 1 aromatic carbocycles. The molecule has 1 fully saturated rings. The zero-order valence-electron chi connectivity index (χ0n) is 25.0. The number of nitrogens with zero attached hydrogens (tertiary/aromatic N) is 3. The van der Waals surface area contributed by atoms with Gasteiger partial charge in [-0.1, -0.05) is 13.0 Å². The van der Waals surface area contributed by atoms with Gasteiger partial charge in [0.25, 0.3) is 5.91 Å². The van der Waals surface area contributed by atoms with E-state index >= 15 is 0 Å². The van der Waals surface area contributed by atoms with Crippen LogP contribution in [0.2, 0.25) is 0 Å². The van der Waals surface area contributed by atoms with Gasteiger partial charge in [0.05, 0.1) is 41.4 Å². The second-order valence-electron chi connectivity index (χ2n) is 12.9. The largest absolute Gasteiger partial charge is 0.443 e. The van der Waals surface area contributed by atoms with Crippen molar-refractivity contribution in [3.05, 3.63) is 46.6 Å². The van der Waals surface area contributed by atoms with Crippen molar-refractivity contribution in [3.8, 4) is 0 Å². The summed E-state index contributed by atoms with van der Waals surface area (Å²) in [5, 5.41) is 3.38. The van der Waals surface area contributed by atoms with Crippen molar-refractivity contribution in [3.63, 3.8) is 0 Å². The smallest absolute Gasteiger partial charge is 0.417 e. The number of fused-ring (bicyclic) bond motifs is 2. The number of aromatic nitrogens is 1. The van der Waals surface area contributed by atoms with Crippen molar-refractivity contribution in [1.82, 2.24) is 9.88 Å². The fourth-order valence-electron chi connectivity index (χ4n) is 5.66. The summed E-state index contributed by atoms with van der Waals surface area (Å²) in [6.07, 6.45) is 2.42. The van der Waals surface area contributed by atoms with Crippen molar-refractivity contribution >= 4 is 29.2 Å². The fourth-order valence-corrected chi connectivity index (χ4v) is 5.66. The van der Waals surface area contributed by atoms with Gasteiger partial charge < -0.3 is 24.4 Å². The molecule has 2 amide bonds. The number of imide groups is 1. The van der Waals surface area contributed by atoms with E-state index in [-0.39, 0.29) is 12.5 Å². The SMILES string of the molecule is CC1COC(C)(c2ccc(Nc3ccc4c(n3)CCCCN4C)c3c2CN(C(=O)OC(C)(C)C)C3=O)OC1(C)C. The molecular weight excluding hydrogens is 508 g/mol. The van der Waals surface area contributed by atoms with Crippen LogP contribution in [0.5, 0.6) is 0 Å². The standard InChI is InChI=1S/C31H42N4O5/c1-19-18-38-31(7,40-30(19,5)6)21-12-13-23(26-20(21)17-35(27(26)36)28(37)39-29(2,3)4)33-25-15-14-24-22(32-25)11-9-10-16-34(24)8/h12-15,19H,9-11,16-18H2,1-8H3,(H,32,33). The first-order valence-corrected chi connectivity index (χ1v) is 14.2. The van der Waals surface area contributed by atoms with Gasteiger partial charge in [-0.2, -0.15) is 0 Å². The lowest BCUT2D eigenvalue weighted by Gasteiger charge is -2.47. The summed E-state index contributed by atoms with van der Waals surface area (Å²) in [5.74, 6) is -0.669. The summed E-state index contributed by atoms with van der Waals surface area (Å²) in [4.78, 5) is 35.3. The van der Waals surface area contributed by atoms with Crippen LogP contribution in [0.15, 0.2) is 24.3 Å². The molecule has 2 unspecified atom stereocenters. The number of anilines is 3. The molecule has 2 atom stereocenters. The molecule has 3 aliphatic heterocycles. The van der Waals surface area contributed by atoms with Gasteiger partial charge in [-0.15, -0.1) is 0 Å². The number of pyridine rings is 1. The van der Waals surface area contributed by atoms with Crippen LogP contribution < -0.4 is 10.2 Å². The summed E-state index contributed by atoms with van der Waals surface area (Å²) in [5.41, 5.74) is 3.38. The van der Waals surface area contributed by atoms with E-state index in [1.807, 2.05) is 39.0 Å². The minimum Gasteiger partial charge on any atom is -0.443 e. The normalized spacial score (nSPS) is 24.3. The summed E-state index contributed by atoms with van der Waals surface area (Å²) in [6, 6.07) is 7.79. The molecule has 2 aromatic rings. The summed E-state index contributed by atoms with van der Waals surface area (Å²) in [7, 11) is 2.09. The van der Waals surface area contributed by atoms with Gasteiger partial charge in [0, 0.05) is 25.1 Å². The lowest BCUT2D eigenvalue weighted by molar-refractivity contribution is -0.337. The fraction of sp³-hybridized carbons (Fsp3) is 0.581. The van der Waals surface area contributed by atoms with E-state index in [9.17, 15) is 9.59 Å². The molecule has 0 saturated carbocycles. The number of amides is 2. The van der Waals surface area contributed by atoms with E-state index in [1.54, 1.807) is 20.8 Å². The summed E-state index contributed by atoms with van der Waals surface area (Å²) < 4.78 is 18.4. The molecule has 216 valence electrons. The first kappa shape index (κ1) is 28.4. The van der Waals surface area contributed by atoms with E-state index in [4.69, 9.17) is 19.2 Å². The van der Waals surface area contributed by atoms with Crippen LogP contribution in [-0.2, 0) is 33.0 Å². The van der Waals surface area contributed by atoms with Gasteiger partial charge in [-0.3, -0.25) is 4.79 Å². The molecule has 4 heterocycles. The highest BCUT2D eigenvalue weighted by molar-refractivity contribution is 6.10. The van der Waals surface area contributed by atoms with Gasteiger partial charge in [0.2, 0.25) is 0 Å². The maximum absolute atomic E-state index is 13.9. The Labute approximate surface area is 237 Å². The van der Waals surface area contributed by atoms with Gasteiger partial charge >= 0.3 is 6.09 Å². The van der Waals surface area contributed by atoms with E-state index in [2.05, 4.69) is 30.3 Å². The number of ether oxygens (including phenoxy) is 3. The predicted octanol–water partition coefficient (Wildman–Crippen LogP) is 6.12. The molecule has 0 aliphatic carbocycles. The molecule has 0 radical (unpaired) electrons. The van der Waals surface area contributed by atoms with Crippen molar-refractivity contribution < 1.29 is 23.8 Å². The maximum atomic E-state index is 13.9. The Bertz CT molecular complexity index is 1330. The number of benzene rings is 1. The molecule has 9 nitrogen and oxygen atoms in total. The number of rotatable bonds is 3. The van der Waals surface area contributed by atoms with Crippen LogP contribution in [-0.4, -0.2) is 53.3 Å². The van der Waals surface area contributed by atoms with E-state index < -0.39 is 29.0 Å². The number of carbonyl (C=O) groups is 2. The monoisotopic (exact) mass is 550 g/mol. The van der Waals surface area contributed by atoms with Crippen LogP contribution in [0.3, 0.4) is 0 Å². The quantitative estimate of drug-likeness (QED) is 0.488. The molecule has 9 heteroatoms. The average molecular weight is 551 g/mol. The Balaban J connectivity index is 1.55. The number of hydrogen-bond donors (Lipinski definition) is 1. The first-order valence-electron chi connectivity index (χ1n) is 14.2. The molecule has 1 N–H and O–H groups in total. The molecule has 3 aliphatic rings. The topological polar surface area (TPSA) is 93.2 Å². The lowest BCUT2D eigenvalue weighted by atomic mass is 9.88. The number of hydrogen-bond acceptors (Lipinski definition) is 8. The van der Waals surface area contributed by atoms with Crippen LogP contribution >= 0.6 is 0 Å². The van der Waals surface area contributed by atoms with Crippen molar-refractivity contribution in [2.75, 3.05) is 30.4 Å². The van der Waals surface area contributed by atoms with Gasteiger partial charge in [-0.25, -0.2) is 14.7 Å². The minimum atomic E-state index is -1.09. The zero-order chi connectivity index (χ0) is 29.0. The van der Waals surface area contributed by atoms with E-state index in [0.29, 0.717) is 29.2 Å². The molecule has 0 spiro atoms. The average Bonchev–Trinajstić information content (AvgIpc) is 3.10. The first-order chi connectivity index (χ1) is 18.7. The summed E-state index contributed by atoms with van der Waals surface area (Å²) >= 11 is 0. The van der Waals surface area contributed by atoms with E-state index in [1.165, 1.54) is 0 Å². The van der Waals surface area contributed by atoms with Crippen LogP contribution in [0, 0.1) is 5.92 Å². The number of nitrogens with one attached hydrogen (secondary N) is 1. The Morgan fingerprint density at radius 3 is 2.60 bits per heavy atom. The molecule has 1 aromatic heterocycles. The number of carbonyl (C=O) groups excluding carboxylic acids is 2. The molecule has 1 saturated heterocycles. The Hall–Kier alpha value is -3.17. The van der Waals surface area contributed by atoms with Crippen LogP contribution in [0.1, 0.15) is 88.5 Å². The molecule has 40 heavy (non-hydrogen) atoms. The van der Waals surface area contributed by atoms with Crippen molar-refractivity contribution in [2.24, 2.45) is 5.92 Å². The van der Waals surface area contributed by atoms with Crippen LogP contribution in [0.25, 0.3) is 0 Å². The van der Waals surface area contributed by atoms with Crippen molar-refractivity contribution in [1.29, 1.82) is 0 Å². The Morgan fingerprint density at radius 2 is 1.90 bits per heavy atom. The zero-order valence-corrected chi connectivity index (χ0v) is 25.0. The maximum Gasteiger partial charge on any atom is 0.417 e.